The van der Waals surface area contributed by atoms with Gasteiger partial charge in [0.1, 0.15) is 11.4 Å². The van der Waals surface area contributed by atoms with E-state index >= 15 is 0 Å². The number of likely N-dealkylation sites (tertiary alicyclic amines) is 1. The predicted molar refractivity (Wildman–Crippen MR) is 115 cm³/mol. The second-order valence-electron chi connectivity index (χ2n) is 7.79. The zero-order chi connectivity index (χ0) is 20.1. The van der Waals surface area contributed by atoms with Crippen molar-refractivity contribution < 1.29 is 9.53 Å². The van der Waals surface area contributed by atoms with Gasteiger partial charge in [0.15, 0.2) is 0 Å². The average molecular weight is 389 g/mol. The molecule has 2 aromatic carbocycles. The van der Waals surface area contributed by atoms with Crippen molar-refractivity contribution in [1.82, 2.24) is 9.47 Å². The number of hydrogen-bond acceptors (Lipinski definition) is 2. The van der Waals surface area contributed by atoms with Gasteiger partial charge in [-0.3, -0.25) is 4.79 Å². The summed E-state index contributed by atoms with van der Waals surface area (Å²) in [7, 11) is 1.69. The molecule has 2 heterocycles. The van der Waals surface area contributed by atoms with Gasteiger partial charge in [0, 0.05) is 25.8 Å². The maximum Gasteiger partial charge on any atom is 0.270 e. The Labute approximate surface area is 172 Å². The van der Waals surface area contributed by atoms with E-state index in [2.05, 4.69) is 28.8 Å². The summed E-state index contributed by atoms with van der Waals surface area (Å²) in [6, 6.07) is 22.5. The fourth-order valence-electron chi connectivity index (χ4n) is 4.12. The average Bonchev–Trinajstić information content (AvgIpc) is 3.23. The van der Waals surface area contributed by atoms with Gasteiger partial charge in [-0.2, -0.15) is 0 Å². The van der Waals surface area contributed by atoms with Crippen molar-refractivity contribution in [3.8, 4) is 5.75 Å². The Balaban J connectivity index is 1.34. The number of methoxy groups -OCH3 is 1. The number of hydrogen-bond donors (Lipinski definition) is 0. The van der Waals surface area contributed by atoms with Crippen LogP contribution >= 0.6 is 0 Å². The minimum Gasteiger partial charge on any atom is -0.497 e. The molecule has 1 aliphatic rings. The Morgan fingerprint density at radius 3 is 2.34 bits per heavy atom. The molecule has 0 saturated carbocycles. The van der Waals surface area contributed by atoms with E-state index in [1.165, 1.54) is 11.1 Å². The summed E-state index contributed by atoms with van der Waals surface area (Å²) in [5.74, 6) is 1.67. The molecular formula is C25H28N2O2. The molecule has 4 nitrogen and oxygen atoms in total. The first-order valence-corrected chi connectivity index (χ1v) is 10.3. The van der Waals surface area contributed by atoms with Crippen molar-refractivity contribution in [3.63, 3.8) is 0 Å². The molecule has 3 aromatic rings. The zero-order valence-corrected chi connectivity index (χ0v) is 17.0. The summed E-state index contributed by atoms with van der Waals surface area (Å²) in [5.41, 5.74) is 3.32. The monoisotopic (exact) mass is 388 g/mol. The number of carbonyl (C=O) groups excluding carboxylic acids is 1. The fourth-order valence-corrected chi connectivity index (χ4v) is 4.12. The summed E-state index contributed by atoms with van der Waals surface area (Å²) in [5, 5.41) is 0. The molecule has 1 aromatic heterocycles. The molecule has 0 aliphatic carbocycles. The molecular weight excluding hydrogens is 360 g/mol. The van der Waals surface area contributed by atoms with Crippen LogP contribution in [0.2, 0.25) is 0 Å². The van der Waals surface area contributed by atoms with E-state index in [-0.39, 0.29) is 5.91 Å². The Morgan fingerprint density at radius 1 is 0.931 bits per heavy atom. The molecule has 1 saturated heterocycles. The molecule has 0 N–H and O–H groups in total. The van der Waals surface area contributed by atoms with Crippen molar-refractivity contribution in [3.05, 3.63) is 89.7 Å². The standard InChI is InChI=1S/C25H28N2O2/c1-29-23-11-9-20(10-12-23)18-21-13-16-26(17-14-21)25(28)24-8-5-15-27(24)19-22-6-3-2-4-7-22/h2-12,15,21H,13-14,16-19H2,1H3. The van der Waals surface area contributed by atoms with Crippen molar-refractivity contribution in [2.24, 2.45) is 5.92 Å². The highest BCUT2D eigenvalue weighted by atomic mass is 16.5. The molecule has 0 unspecified atom stereocenters. The molecule has 1 amide bonds. The highest BCUT2D eigenvalue weighted by molar-refractivity contribution is 5.92. The SMILES string of the molecule is COc1ccc(CC2CCN(C(=O)c3cccn3Cc3ccccc3)CC2)cc1. The number of benzene rings is 2. The van der Waals surface area contributed by atoms with E-state index in [1.807, 2.05) is 53.6 Å². The molecule has 0 atom stereocenters. The van der Waals surface area contributed by atoms with Gasteiger partial charge < -0.3 is 14.2 Å². The summed E-state index contributed by atoms with van der Waals surface area (Å²) in [6.45, 7) is 2.38. The van der Waals surface area contributed by atoms with Gasteiger partial charge in [-0.25, -0.2) is 0 Å². The second-order valence-corrected chi connectivity index (χ2v) is 7.79. The van der Waals surface area contributed by atoms with Crippen LogP contribution < -0.4 is 4.74 Å². The van der Waals surface area contributed by atoms with Crippen LogP contribution in [0, 0.1) is 5.92 Å². The normalized spacial score (nSPS) is 14.7. The molecule has 0 radical (unpaired) electrons. The lowest BCUT2D eigenvalue weighted by molar-refractivity contribution is 0.0680. The van der Waals surface area contributed by atoms with Crippen molar-refractivity contribution >= 4 is 5.91 Å². The summed E-state index contributed by atoms with van der Waals surface area (Å²) in [6.07, 6.45) is 5.17. The van der Waals surface area contributed by atoms with Crippen LogP contribution in [0.3, 0.4) is 0 Å². The van der Waals surface area contributed by atoms with Crippen LogP contribution in [-0.4, -0.2) is 35.6 Å². The van der Waals surface area contributed by atoms with E-state index in [0.29, 0.717) is 5.92 Å². The molecule has 29 heavy (non-hydrogen) atoms. The fraction of sp³-hybridized carbons (Fsp3) is 0.320. The maximum absolute atomic E-state index is 13.1. The van der Waals surface area contributed by atoms with E-state index in [0.717, 1.165) is 50.3 Å². The molecule has 1 fully saturated rings. The topological polar surface area (TPSA) is 34.5 Å². The van der Waals surface area contributed by atoms with Crippen LogP contribution in [0.4, 0.5) is 0 Å². The van der Waals surface area contributed by atoms with Gasteiger partial charge in [-0.05, 0) is 60.6 Å². The van der Waals surface area contributed by atoms with Crippen molar-refractivity contribution in [2.75, 3.05) is 20.2 Å². The number of carbonyl (C=O) groups is 1. The van der Waals surface area contributed by atoms with Gasteiger partial charge in [0.05, 0.1) is 7.11 Å². The molecule has 4 heteroatoms. The molecule has 0 spiro atoms. The van der Waals surface area contributed by atoms with Crippen LogP contribution in [0.5, 0.6) is 5.75 Å². The molecule has 0 bridgehead atoms. The Bertz CT molecular complexity index is 923. The lowest BCUT2D eigenvalue weighted by Crippen LogP contribution is -2.39. The number of piperidine rings is 1. The van der Waals surface area contributed by atoms with E-state index in [1.54, 1.807) is 7.11 Å². The highest BCUT2D eigenvalue weighted by Crippen LogP contribution is 2.24. The molecule has 1 aliphatic heterocycles. The predicted octanol–water partition coefficient (Wildman–Crippen LogP) is 4.64. The Hall–Kier alpha value is -3.01. The smallest absolute Gasteiger partial charge is 0.270 e. The van der Waals surface area contributed by atoms with Crippen molar-refractivity contribution in [2.45, 2.75) is 25.8 Å². The van der Waals surface area contributed by atoms with E-state index in [9.17, 15) is 4.79 Å². The van der Waals surface area contributed by atoms with Gasteiger partial charge in [0.2, 0.25) is 0 Å². The lowest BCUT2D eigenvalue weighted by Gasteiger charge is -2.32. The summed E-state index contributed by atoms with van der Waals surface area (Å²) in [4.78, 5) is 15.1. The Morgan fingerprint density at radius 2 is 1.66 bits per heavy atom. The molecule has 4 rings (SSSR count). The van der Waals surface area contributed by atoms with Gasteiger partial charge in [-0.15, -0.1) is 0 Å². The third kappa shape index (κ3) is 4.70. The largest absolute Gasteiger partial charge is 0.497 e. The number of nitrogens with zero attached hydrogens (tertiary/aromatic N) is 2. The quantitative estimate of drug-likeness (QED) is 0.617. The lowest BCUT2D eigenvalue weighted by atomic mass is 9.90. The number of rotatable bonds is 6. The summed E-state index contributed by atoms with van der Waals surface area (Å²) < 4.78 is 7.29. The number of aromatic nitrogens is 1. The minimum atomic E-state index is 0.147. The Kier molecular flexibility index (Phi) is 5.99. The van der Waals surface area contributed by atoms with Crippen molar-refractivity contribution in [1.29, 1.82) is 0 Å². The molecule has 150 valence electrons. The number of ether oxygens (including phenoxy) is 1. The third-order valence-electron chi connectivity index (χ3n) is 5.83. The van der Waals surface area contributed by atoms with Crippen LogP contribution in [-0.2, 0) is 13.0 Å². The zero-order valence-electron chi connectivity index (χ0n) is 17.0. The van der Waals surface area contributed by atoms with Crippen LogP contribution in [0.15, 0.2) is 72.9 Å². The first kappa shape index (κ1) is 19.3. The van der Waals surface area contributed by atoms with Gasteiger partial charge >= 0.3 is 0 Å². The maximum atomic E-state index is 13.1. The van der Waals surface area contributed by atoms with Gasteiger partial charge in [0.25, 0.3) is 5.91 Å². The van der Waals surface area contributed by atoms with E-state index < -0.39 is 0 Å². The third-order valence-corrected chi connectivity index (χ3v) is 5.83. The first-order chi connectivity index (χ1) is 14.2. The highest BCUT2D eigenvalue weighted by Gasteiger charge is 2.25. The van der Waals surface area contributed by atoms with Crippen LogP contribution in [0.1, 0.15) is 34.5 Å². The second kappa shape index (κ2) is 8.99. The first-order valence-electron chi connectivity index (χ1n) is 10.3. The van der Waals surface area contributed by atoms with Gasteiger partial charge in [-0.1, -0.05) is 42.5 Å². The van der Waals surface area contributed by atoms with E-state index in [4.69, 9.17) is 4.74 Å². The summed E-state index contributed by atoms with van der Waals surface area (Å²) >= 11 is 0. The number of amides is 1. The van der Waals surface area contributed by atoms with Crippen LogP contribution in [0.25, 0.3) is 0 Å². The minimum absolute atomic E-state index is 0.147.